The molecule has 0 nitrogen and oxygen atoms in total. The van der Waals surface area contributed by atoms with E-state index in [2.05, 4.69) is 97.1 Å². The van der Waals surface area contributed by atoms with Gasteiger partial charge in [0.15, 0.2) is 0 Å². The summed E-state index contributed by atoms with van der Waals surface area (Å²) in [5.74, 6) is 0. The Bertz CT molecular complexity index is 892. The van der Waals surface area contributed by atoms with Gasteiger partial charge in [-0.2, -0.15) is 0 Å². The molecular formula is C22H16SSe3. The van der Waals surface area contributed by atoms with Gasteiger partial charge in [0, 0.05) is 0 Å². The SMILES string of the molecule is c1ccc([Se]c2cc([Se]c3ccccc3)c([Se]c3ccccc3)s2)cc1. The second-order valence-corrected chi connectivity index (χ2v) is 14.6. The molecule has 0 aliphatic rings. The predicted octanol–water partition coefficient (Wildman–Crippen LogP) is 0.713. The van der Waals surface area contributed by atoms with Gasteiger partial charge in [0.1, 0.15) is 0 Å². The molecular weight excluding hydrogens is 533 g/mol. The van der Waals surface area contributed by atoms with Gasteiger partial charge in [-0.1, -0.05) is 0 Å². The molecule has 0 bridgehead atoms. The molecule has 0 aliphatic heterocycles. The molecule has 4 aromatic rings. The van der Waals surface area contributed by atoms with Gasteiger partial charge in [0.2, 0.25) is 0 Å². The number of hydrogen-bond donors (Lipinski definition) is 0. The molecule has 3 aromatic carbocycles. The van der Waals surface area contributed by atoms with Gasteiger partial charge < -0.3 is 0 Å². The summed E-state index contributed by atoms with van der Waals surface area (Å²) in [5.41, 5.74) is 0. The van der Waals surface area contributed by atoms with Crippen molar-refractivity contribution in [2.45, 2.75) is 0 Å². The van der Waals surface area contributed by atoms with Crippen molar-refractivity contribution in [1.29, 1.82) is 0 Å². The van der Waals surface area contributed by atoms with Crippen LogP contribution >= 0.6 is 11.3 Å². The zero-order chi connectivity index (χ0) is 17.6. The molecule has 0 amide bonds. The van der Waals surface area contributed by atoms with Crippen LogP contribution in [0.5, 0.6) is 0 Å². The second kappa shape index (κ2) is 9.22. The van der Waals surface area contributed by atoms with Crippen LogP contribution in [0, 0.1) is 0 Å². The summed E-state index contributed by atoms with van der Waals surface area (Å²) < 4.78 is 9.10. The summed E-state index contributed by atoms with van der Waals surface area (Å²) in [6.45, 7) is 0. The monoisotopic (exact) mass is 552 g/mol. The van der Waals surface area contributed by atoms with Crippen molar-refractivity contribution in [2.24, 2.45) is 0 Å². The molecule has 128 valence electrons. The molecule has 0 fully saturated rings. The van der Waals surface area contributed by atoms with E-state index in [-0.39, 0.29) is 0 Å². The van der Waals surface area contributed by atoms with Crippen molar-refractivity contribution < 1.29 is 0 Å². The van der Waals surface area contributed by atoms with E-state index in [0.29, 0.717) is 44.9 Å². The van der Waals surface area contributed by atoms with Gasteiger partial charge in [-0.25, -0.2) is 0 Å². The van der Waals surface area contributed by atoms with Crippen LogP contribution in [0.25, 0.3) is 0 Å². The first kappa shape index (κ1) is 18.3. The van der Waals surface area contributed by atoms with Gasteiger partial charge in [-0.3, -0.25) is 0 Å². The number of hydrogen-bond acceptors (Lipinski definition) is 1. The van der Waals surface area contributed by atoms with Crippen molar-refractivity contribution in [1.82, 2.24) is 0 Å². The van der Waals surface area contributed by atoms with Crippen molar-refractivity contribution in [3.63, 3.8) is 0 Å². The minimum absolute atomic E-state index is 0.384. The molecule has 1 aromatic heterocycles. The predicted molar refractivity (Wildman–Crippen MR) is 119 cm³/mol. The van der Waals surface area contributed by atoms with E-state index in [1.54, 1.807) is 12.0 Å². The Kier molecular flexibility index (Phi) is 6.48. The first-order valence-electron chi connectivity index (χ1n) is 8.19. The topological polar surface area (TPSA) is 0 Å². The standard InChI is InChI=1S/C22H16SSe3/c1-4-10-17(11-5-1)24-20-16-21(25-18-12-6-2-7-13-18)23-22(20)26-19-14-8-3-9-15-19/h1-16H. The van der Waals surface area contributed by atoms with E-state index >= 15 is 0 Å². The fraction of sp³-hybridized carbons (Fsp3) is 0. The Hall–Kier alpha value is -1.08. The van der Waals surface area contributed by atoms with Crippen molar-refractivity contribution in [3.8, 4) is 0 Å². The molecule has 1 heterocycles. The third-order valence-corrected chi connectivity index (χ3v) is 13.0. The van der Waals surface area contributed by atoms with E-state index in [4.69, 9.17) is 0 Å². The van der Waals surface area contributed by atoms with Crippen LogP contribution < -0.4 is 25.4 Å². The molecule has 4 heteroatoms. The Labute approximate surface area is 177 Å². The van der Waals surface area contributed by atoms with Gasteiger partial charge in [-0.15, -0.1) is 0 Å². The van der Waals surface area contributed by atoms with Crippen LogP contribution in [0.1, 0.15) is 0 Å². The van der Waals surface area contributed by atoms with E-state index in [9.17, 15) is 0 Å². The summed E-state index contributed by atoms with van der Waals surface area (Å²) in [6, 6.07) is 35.3. The molecule has 0 spiro atoms. The minimum atomic E-state index is 0.384. The summed E-state index contributed by atoms with van der Waals surface area (Å²) in [4.78, 5) is 0. The van der Waals surface area contributed by atoms with Crippen molar-refractivity contribution in [3.05, 3.63) is 97.1 Å². The van der Waals surface area contributed by atoms with Gasteiger partial charge in [0.25, 0.3) is 0 Å². The van der Waals surface area contributed by atoms with Gasteiger partial charge in [0.05, 0.1) is 0 Å². The molecule has 0 unspecified atom stereocenters. The van der Waals surface area contributed by atoms with Crippen molar-refractivity contribution >= 4 is 81.6 Å². The number of thiophene rings is 1. The first-order chi connectivity index (χ1) is 12.9. The first-order valence-corrected chi connectivity index (χ1v) is 14.1. The summed E-state index contributed by atoms with van der Waals surface area (Å²) >= 11 is 3.22. The second-order valence-electron chi connectivity index (χ2n) is 5.46. The van der Waals surface area contributed by atoms with Crippen molar-refractivity contribution in [2.75, 3.05) is 0 Å². The zero-order valence-corrected chi connectivity index (χ0v) is 19.8. The number of benzene rings is 3. The fourth-order valence-corrected chi connectivity index (χ4v) is 12.9. The van der Waals surface area contributed by atoms with E-state index in [1.807, 2.05) is 11.3 Å². The summed E-state index contributed by atoms with van der Waals surface area (Å²) in [5, 5.41) is 0. The maximum absolute atomic E-state index is 2.49. The Morgan fingerprint density at radius 3 is 1.50 bits per heavy atom. The normalized spacial score (nSPS) is 10.8. The summed E-state index contributed by atoms with van der Waals surface area (Å²) in [6.07, 6.45) is 0. The molecule has 0 radical (unpaired) electrons. The average molecular weight is 549 g/mol. The van der Waals surface area contributed by atoms with Gasteiger partial charge in [-0.05, 0) is 0 Å². The molecule has 0 saturated heterocycles. The fourth-order valence-electron chi connectivity index (χ4n) is 2.35. The molecule has 26 heavy (non-hydrogen) atoms. The molecule has 0 saturated carbocycles. The Morgan fingerprint density at radius 2 is 0.962 bits per heavy atom. The molecule has 0 N–H and O–H groups in total. The Morgan fingerprint density at radius 1 is 0.500 bits per heavy atom. The Balaban J connectivity index is 1.63. The van der Waals surface area contributed by atoms with Gasteiger partial charge >= 0.3 is 179 Å². The maximum atomic E-state index is 2.49. The quantitative estimate of drug-likeness (QED) is 0.311. The van der Waals surface area contributed by atoms with E-state index in [1.165, 1.54) is 13.4 Å². The van der Waals surface area contributed by atoms with E-state index < -0.39 is 0 Å². The van der Waals surface area contributed by atoms with Crippen LogP contribution in [0.2, 0.25) is 0 Å². The summed E-state index contributed by atoms with van der Waals surface area (Å²) in [7, 11) is 0. The van der Waals surface area contributed by atoms with Crippen LogP contribution in [-0.4, -0.2) is 44.9 Å². The van der Waals surface area contributed by atoms with Crippen LogP contribution in [0.3, 0.4) is 0 Å². The van der Waals surface area contributed by atoms with Crippen LogP contribution in [-0.2, 0) is 0 Å². The number of rotatable bonds is 6. The zero-order valence-electron chi connectivity index (χ0n) is 13.9. The van der Waals surface area contributed by atoms with E-state index in [0.717, 1.165) is 0 Å². The molecule has 0 atom stereocenters. The molecule has 0 aliphatic carbocycles. The average Bonchev–Trinajstić information content (AvgIpc) is 3.05. The van der Waals surface area contributed by atoms with Crippen LogP contribution in [0.15, 0.2) is 97.1 Å². The molecule has 4 rings (SSSR count). The third-order valence-electron chi connectivity index (χ3n) is 3.53. The van der Waals surface area contributed by atoms with Crippen LogP contribution in [0.4, 0.5) is 0 Å². The third kappa shape index (κ3) is 5.00.